The molecule has 4 nitrogen and oxygen atoms in total. The molecule has 0 saturated carbocycles. The molecule has 0 bridgehead atoms. The van der Waals surface area contributed by atoms with Gasteiger partial charge in [-0.25, -0.2) is 0 Å². The number of aromatic nitrogens is 1. The minimum Gasteiger partial charge on any atom is -0.493 e. The molecular weight excluding hydrogens is 468 g/mol. The van der Waals surface area contributed by atoms with E-state index in [4.69, 9.17) is 9.47 Å². The zero-order valence-corrected chi connectivity index (χ0v) is 20.9. The maximum absolute atomic E-state index is 6.22. The van der Waals surface area contributed by atoms with Crippen molar-refractivity contribution in [3.8, 4) is 11.5 Å². The number of fused-ring (bicyclic) bond motifs is 3. The molecular formula is C31H29ClN2O2. The number of methoxy groups -OCH3 is 1. The fourth-order valence-electron chi connectivity index (χ4n) is 5.20. The molecule has 2 heterocycles. The summed E-state index contributed by atoms with van der Waals surface area (Å²) in [5, 5.41) is 5.10. The van der Waals surface area contributed by atoms with Crippen LogP contribution in [0, 0.1) is 0 Å². The average molecular weight is 497 g/mol. The Morgan fingerprint density at radius 3 is 2.28 bits per heavy atom. The summed E-state index contributed by atoms with van der Waals surface area (Å²) in [5.74, 6) is 1.77. The summed E-state index contributed by atoms with van der Waals surface area (Å²) in [7, 11) is 1.68. The minimum absolute atomic E-state index is 0. The van der Waals surface area contributed by atoms with E-state index in [9.17, 15) is 0 Å². The molecule has 1 aliphatic rings. The zero-order chi connectivity index (χ0) is 23.6. The molecule has 0 amide bonds. The van der Waals surface area contributed by atoms with Gasteiger partial charge in [0.1, 0.15) is 6.61 Å². The number of benzene rings is 4. The van der Waals surface area contributed by atoms with Crippen molar-refractivity contribution in [2.24, 2.45) is 0 Å². The first kappa shape index (κ1) is 24.0. The first-order valence-corrected chi connectivity index (χ1v) is 12.1. The van der Waals surface area contributed by atoms with Gasteiger partial charge < -0.3 is 19.8 Å². The van der Waals surface area contributed by atoms with E-state index in [2.05, 4.69) is 89.2 Å². The maximum Gasteiger partial charge on any atom is 0.162 e. The normalized spacial score (nSPS) is 16.7. The Kier molecular flexibility index (Phi) is 6.99. The van der Waals surface area contributed by atoms with E-state index in [0.29, 0.717) is 6.61 Å². The molecule has 5 heteroatoms. The summed E-state index contributed by atoms with van der Waals surface area (Å²) in [6.07, 6.45) is 0. The average Bonchev–Trinajstić information content (AvgIpc) is 3.32. The topological polar surface area (TPSA) is 46.3 Å². The van der Waals surface area contributed by atoms with E-state index in [1.165, 1.54) is 27.7 Å². The molecule has 0 aliphatic carbocycles. The highest BCUT2D eigenvalue weighted by Gasteiger charge is 2.32. The first-order valence-electron chi connectivity index (χ1n) is 12.1. The van der Waals surface area contributed by atoms with Crippen molar-refractivity contribution in [3.63, 3.8) is 0 Å². The number of ether oxygens (including phenoxy) is 2. The summed E-state index contributed by atoms with van der Waals surface area (Å²) in [6.45, 7) is 1.35. The molecule has 6 rings (SSSR count). The maximum atomic E-state index is 6.22. The Balaban J connectivity index is 0.00000267. The molecule has 2 unspecified atom stereocenters. The SMILES string of the molecule is COc1ccc(C2NCC(c3ccccc3)c3c2[nH]c2ccccc32)cc1OCc1ccccc1.Cl. The quantitative estimate of drug-likeness (QED) is 0.266. The highest BCUT2D eigenvalue weighted by atomic mass is 35.5. The van der Waals surface area contributed by atoms with Gasteiger partial charge in [-0.1, -0.05) is 84.9 Å². The highest BCUT2D eigenvalue weighted by Crippen LogP contribution is 2.42. The lowest BCUT2D eigenvalue weighted by Gasteiger charge is -2.31. The molecule has 36 heavy (non-hydrogen) atoms. The van der Waals surface area contributed by atoms with Crippen LogP contribution in [0.3, 0.4) is 0 Å². The van der Waals surface area contributed by atoms with Crippen molar-refractivity contribution in [2.45, 2.75) is 18.6 Å². The Morgan fingerprint density at radius 1 is 0.778 bits per heavy atom. The minimum atomic E-state index is 0. The molecule has 2 atom stereocenters. The summed E-state index contributed by atoms with van der Waals surface area (Å²) < 4.78 is 11.8. The molecule has 4 aromatic carbocycles. The standard InChI is InChI=1S/C31H28N2O2.ClH/c1-34-27-17-16-23(18-28(27)35-20-21-10-4-2-5-11-21)30-31-29(24-14-8-9-15-26(24)33-31)25(19-32-30)22-12-6-3-7-13-22;/h2-18,25,30,32-33H,19-20H2,1H3;1H. The molecule has 0 spiro atoms. The van der Waals surface area contributed by atoms with E-state index in [-0.39, 0.29) is 24.4 Å². The smallest absolute Gasteiger partial charge is 0.162 e. The fraction of sp³-hybridized carbons (Fsp3) is 0.161. The lowest BCUT2D eigenvalue weighted by Crippen LogP contribution is -2.34. The third-order valence-corrected chi connectivity index (χ3v) is 6.90. The van der Waals surface area contributed by atoms with E-state index in [1.54, 1.807) is 7.11 Å². The van der Waals surface area contributed by atoms with Crippen LogP contribution < -0.4 is 14.8 Å². The van der Waals surface area contributed by atoms with Crippen LogP contribution in [0.1, 0.15) is 39.9 Å². The van der Waals surface area contributed by atoms with E-state index in [0.717, 1.165) is 29.2 Å². The van der Waals surface area contributed by atoms with Crippen molar-refractivity contribution < 1.29 is 9.47 Å². The molecule has 5 aromatic rings. The van der Waals surface area contributed by atoms with Crippen molar-refractivity contribution in [1.29, 1.82) is 0 Å². The molecule has 1 aliphatic heterocycles. The first-order chi connectivity index (χ1) is 17.3. The fourth-order valence-corrected chi connectivity index (χ4v) is 5.20. The van der Waals surface area contributed by atoms with Crippen LogP contribution in [-0.4, -0.2) is 18.6 Å². The van der Waals surface area contributed by atoms with Gasteiger partial charge in [-0.15, -0.1) is 12.4 Å². The largest absolute Gasteiger partial charge is 0.493 e. The van der Waals surface area contributed by atoms with Gasteiger partial charge >= 0.3 is 0 Å². The van der Waals surface area contributed by atoms with Crippen LogP contribution >= 0.6 is 12.4 Å². The number of nitrogens with one attached hydrogen (secondary N) is 2. The number of hydrogen-bond acceptors (Lipinski definition) is 3. The van der Waals surface area contributed by atoms with Crippen LogP contribution in [0.25, 0.3) is 10.9 Å². The second kappa shape index (κ2) is 10.5. The lowest BCUT2D eigenvalue weighted by molar-refractivity contribution is 0.284. The lowest BCUT2D eigenvalue weighted by atomic mass is 9.83. The van der Waals surface area contributed by atoms with Gasteiger partial charge in [-0.2, -0.15) is 0 Å². The molecule has 182 valence electrons. The molecule has 2 N–H and O–H groups in total. The summed E-state index contributed by atoms with van der Waals surface area (Å²) in [5.41, 5.74) is 7.35. The van der Waals surface area contributed by atoms with Gasteiger partial charge in [-0.05, 0) is 40.5 Å². The van der Waals surface area contributed by atoms with Gasteiger partial charge in [0.25, 0.3) is 0 Å². The van der Waals surface area contributed by atoms with E-state index >= 15 is 0 Å². The van der Waals surface area contributed by atoms with Crippen LogP contribution in [0.4, 0.5) is 0 Å². The van der Waals surface area contributed by atoms with Crippen LogP contribution in [0.5, 0.6) is 11.5 Å². The predicted octanol–water partition coefficient (Wildman–Crippen LogP) is 7.00. The number of aromatic amines is 1. The predicted molar refractivity (Wildman–Crippen MR) is 147 cm³/mol. The molecule has 0 fully saturated rings. The Bertz CT molecular complexity index is 1450. The zero-order valence-electron chi connectivity index (χ0n) is 20.1. The van der Waals surface area contributed by atoms with Gasteiger partial charge in [0.15, 0.2) is 11.5 Å². The van der Waals surface area contributed by atoms with E-state index in [1.807, 2.05) is 24.3 Å². The number of H-pyrrole nitrogens is 1. The number of halogens is 1. The third-order valence-electron chi connectivity index (χ3n) is 6.90. The van der Waals surface area contributed by atoms with Gasteiger partial charge in [0.2, 0.25) is 0 Å². The molecule has 0 saturated heterocycles. The van der Waals surface area contributed by atoms with Crippen molar-refractivity contribution in [2.75, 3.05) is 13.7 Å². The van der Waals surface area contributed by atoms with Gasteiger partial charge in [0, 0.05) is 29.1 Å². The van der Waals surface area contributed by atoms with Crippen LogP contribution in [0.15, 0.2) is 103 Å². The van der Waals surface area contributed by atoms with Gasteiger partial charge in [-0.3, -0.25) is 0 Å². The summed E-state index contributed by atoms with van der Waals surface area (Å²) in [6, 6.07) is 35.8. The Morgan fingerprint density at radius 2 is 1.50 bits per heavy atom. The highest BCUT2D eigenvalue weighted by molar-refractivity contribution is 5.86. The number of rotatable bonds is 6. The van der Waals surface area contributed by atoms with Crippen molar-refractivity contribution in [1.82, 2.24) is 10.3 Å². The second-order valence-corrected chi connectivity index (χ2v) is 8.99. The monoisotopic (exact) mass is 496 g/mol. The Hall–Kier alpha value is -3.73. The van der Waals surface area contributed by atoms with Crippen LogP contribution in [0.2, 0.25) is 0 Å². The van der Waals surface area contributed by atoms with E-state index < -0.39 is 0 Å². The van der Waals surface area contributed by atoms with Crippen LogP contribution in [-0.2, 0) is 6.61 Å². The molecule has 1 aromatic heterocycles. The summed E-state index contributed by atoms with van der Waals surface area (Å²) in [4.78, 5) is 3.74. The van der Waals surface area contributed by atoms with Crippen molar-refractivity contribution >= 4 is 23.3 Å². The van der Waals surface area contributed by atoms with Crippen molar-refractivity contribution in [3.05, 3.63) is 131 Å². The second-order valence-electron chi connectivity index (χ2n) is 8.99. The summed E-state index contributed by atoms with van der Waals surface area (Å²) >= 11 is 0. The Labute approximate surface area is 217 Å². The molecule has 0 radical (unpaired) electrons. The van der Waals surface area contributed by atoms with Gasteiger partial charge in [0.05, 0.1) is 13.2 Å². The number of hydrogen-bond donors (Lipinski definition) is 2. The third kappa shape index (κ3) is 4.46. The number of para-hydroxylation sites is 1.